The van der Waals surface area contributed by atoms with Crippen molar-refractivity contribution in [2.75, 3.05) is 13.1 Å². The predicted octanol–water partition coefficient (Wildman–Crippen LogP) is 1.61. The van der Waals surface area contributed by atoms with E-state index in [0.29, 0.717) is 18.5 Å². The second-order valence-corrected chi connectivity index (χ2v) is 5.33. The Morgan fingerprint density at radius 3 is 2.91 bits per heavy atom. The second-order valence-electron chi connectivity index (χ2n) is 5.33. The molecule has 0 radical (unpaired) electrons. The molecule has 0 saturated carbocycles. The largest absolute Gasteiger partial charge is 0.350 e. The van der Waals surface area contributed by atoms with Gasteiger partial charge in [-0.05, 0) is 18.4 Å². The van der Waals surface area contributed by atoms with Crippen LogP contribution in [0, 0.1) is 10.1 Å². The lowest BCUT2D eigenvalue weighted by Gasteiger charge is -2.19. The number of benzene rings is 1. The van der Waals surface area contributed by atoms with Gasteiger partial charge in [0.15, 0.2) is 0 Å². The number of carbonyl (C=O) groups excluding carboxylic acids is 2. The van der Waals surface area contributed by atoms with Crippen LogP contribution in [0.1, 0.15) is 31.2 Å². The van der Waals surface area contributed by atoms with E-state index in [1.54, 1.807) is 17.0 Å². The molecule has 1 heterocycles. The average Bonchev–Trinajstić information content (AvgIpc) is 2.70. The fourth-order valence-corrected chi connectivity index (χ4v) is 2.42. The molecule has 2 rings (SSSR count). The van der Waals surface area contributed by atoms with Gasteiger partial charge in [0.25, 0.3) is 5.69 Å². The number of rotatable bonds is 5. The van der Waals surface area contributed by atoms with Gasteiger partial charge in [0.1, 0.15) is 0 Å². The molecule has 7 heteroatoms. The van der Waals surface area contributed by atoms with Crippen molar-refractivity contribution in [2.45, 2.75) is 32.2 Å². The number of non-ortho nitro benzene ring substituents is 1. The molecule has 0 bridgehead atoms. The molecule has 1 aliphatic rings. The first-order valence-corrected chi connectivity index (χ1v) is 7.34. The first-order chi connectivity index (χ1) is 10.6. The molecule has 1 fully saturated rings. The van der Waals surface area contributed by atoms with Crippen LogP contribution >= 0.6 is 0 Å². The Labute approximate surface area is 128 Å². The third-order valence-corrected chi connectivity index (χ3v) is 3.62. The molecule has 1 saturated heterocycles. The van der Waals surface area contributed by atoms with Gasteiger partial charge in [-0.15, -0.1) is 0 Å². The molecule has 118 valence electrons. The van der Waals surface area contributed by atoms with E-state index < -0.39 is 4.92 Å². The monoisotopic (exact) mass is 305 g/mol. The highest BCUT2D eigenvalue weighted by Crippen LogP contribution is 2.13. The summed E-state index contributed by atoms with van der Waals surface area (Å²) in [6.45, 7) is 0.874. The molecule has 1 aromatic carbocycles. The number of hydrogen-bond donors (Lipinski definition) is 1. The molecular formula is C15H19N3O4. The standard InChI is InChI=1S/C15H19N3O4/c19-14(11-17-8-3-1-2-7-15(17)20)16-10-12-5-4-6-13(9-12)18(21)22/h4-6,9H,1-3,7-8,10-11H2,(H,16,19). The zero-order chi connectivity index (χ0) is 15.9. The summed E-state index contributed by atoms with van der Waals surface area (Å²) in [6.07, 6.45) is 3.31. The molecule has 0 unspecified atom stereocenters. The minimum atomic E-state index is -0.471. The van der Waals surface area contributed by atoms with Gasteiger partial charge in [-0.2, -0.15) is 0 Å². The lowest BCUT2D eigenvalue weighted by molar-refractivity contribution is -0.384. The quantitative estimate of drug-likeness (QED) is 0.660. The summed E-state index contributed by atoms with van der Waals surface area (Å²) in [5, 5.41) is 13.4. The number of nitro groups is 1. The second kappa shape index (κ2) is 7.53. The van der Waals surface area contributed by atoms with Gasteiger partial charge in [-0.25, -0.2) is 0 Å². The fraction of sp³-hybridized carbons (Fsp3) is 0.467. The number of nitrogens with one attached hydrogen (secondary N) is 1. The Kier molecular flexibility index (Phi) is 5.46. The van der Waals surface area contributed by atoms with Crippen LogP contribution in [0.3, 0.4) is 0 Å². The number of nitro benzene ring substituents is 1. The highest BCUT2D eigenvalue weighted by atomic mass is 16.6. The van der Waals surface area contributed by atoms with E-state index in [4.69, 9.17) is 0 Å². The smallest absolute Gasteiger partial charge is 0.269 e. The van der Waals surface area contributed by atoms with Crippen molar-refractivity contribution in [3.05, 3.63) is 39.9 Å². The number of amides is 2. The average molecular weight is 305 g/mol. The fourth-order valence-electron chi connectivity index (χ4n) is 2.42. The maximum Gasteiger partial charge on any atom is 0.269 e. The molecular weight excluding hydrogens is 286 g/mol. The Morgan fingerprint density at radius 2 is 2.14 bits per heavy atom. The highest BCUT2D eigenvalue weighted by Gasteiger charge is 2.19. The zero-order valence-electron chi connectivity index (χ0n) is 12.3. The SMILES string of the molecule is O=C(CN1CCCCCC1=O)NCc1cccc([N+](=O)[O-])c1. The minimum absolute atomic E-state index is 0.00514. The van der Waals surface area contributed by atoms with Crippen LogP contribution in [-0.4, -0.2) is 34.7 Å². The Bertz CT molecular complexity index is 574. The minimum Gasteiger partial charge on any atom is -0.350 e. The van der Waals surface area contributed by atoms with Gasteiger partial charge in [0.2, 0.25) is 11.8 Å². The molecule has 1 N–H and O–H groups in total. The van der Waals surface area contributed by atoms with Crippen LogP contribution in [0.2, 0.25) is 0 Å². The summed E-state index contributed by atoms with van der Waals surface area (Å²) in [5.41, 5.74) is 0.652. The van der Waals surface area contributed by atoms with Crippen molar-refractivity contribution in [3.8, 4) is 0 Å². The Balaban J connectivity index is 1.85. The molecule has 0 spiro atoms. The molecule has 0 aliphatic carbocycles. The molecule has 0 aromatic heterocycles. The van der Waals surface area contributed by atoms with Crippen LogP contribution in [0.25, 0.3) is 0 Å². The van der Waals surface area contributed by atoms with Crippen LogP contribution in [-0.2, 0) is 16.1 Å². The van der Waals surface area contributed by atoms with Gasteiger partial charge in [0.05, 0.1) is 11.5 Å². The third-order valence-electron chi connectivity index (χ3n) is 3.62. The van der Waals surface area contributed by atoms with Gasteiger partial charge in [-0.1, -0.05) is 18.6 Å². The summed E-state index contributed by atoms with van der Waals surface area (Å²) in [7, 11) is 0. The molecule has 1 aromatic rings. The maximum absolute atomic E-state index is 11.9. The van der Waals surface area contributed by atoms with E-state index in [1.807, 2.05) is 0 Å². The number of likely N-dealkylation sites (tertiary alicyclic amines) is 1. The number of carbonyl (C=O) groups is 2. The Hall–Kier alpha value is -2.44. The zero-order valence-corrected chi connectivity index (χ0v) is 12.3. The van der Waals surface area contributed by atoms with Crippen molar-refractivity contribution < 1.29 is 14.5 Å². The first-order valence-electron chi connectivity index (χ1n) is 7.34. The predicted molar refractivity (Wildman–Crippen MR) is 80.0 cm³/mol. The summed E-state index contributed by atoms with van der Waals surface area (Å²) in [4.78, 5) is 35.5. The summed E-state index contributed by atoms with van der Waals surface area (Å²) in [6, 6.07) is 6.13. The topological polar surface area (TPSA) is 92.6 Å². The van der Waals surface area contributed by atoms with Crippen LogP contribution in [0.5, 0.6) is 0 Å². The normalized spacial score (nSPS) is 15.3. The molecule has 1 aliphatic heterocycles. The van der Waals surface area contributed by atoms with E-state index in [-0.39, 0.29) is 30.6 Å². The van der Waals surface area contributed by atoms with Crippen molar-refractivity contribution in [1.82, 2.24) is 10.2 Å². The summed E-state index contributed by atoms with van der Waals surface area (Å²) >= 11 is 0. The molecule has 7 nitrogen and oxygen atoms in total. The molecule has 22 heavy (non-hydrogen) atoms. The number of hydrogen-bond acceptors (Lipinski definition) is 4. The first kappa shape index (κ1) is 15.9. The van der Waals surface area contributed by atoms with E-state index in [0.717, 1.165) is 19.3 Å². The van der Waals surface area contributed by atoms with Crippen LogP contribution < -0.4 is 5.32 Å². The maximum atomic E-state index is 11.9. The molecule has 0 atom stereocenters. The summed E-state index contributed by atoms with van der Waals surface area (Å²) < 4.78 is 0. The van der Waals surface area contributed by atoms with Gasteiger partial charge >= 0.3 is 0 Å². The van der Waals surface area contributed by atoms with E-state index in [9.17, 15) is 19.7 Å². The van der Waals surface area contributed by atoms with Crippen molar-refractivity contribution in [1.29, 1.82) is 0 Å². The van der Waals surface area contributed by atoms with Crippen molar-refractivity contribution in [2.24, 2.45) is 0 Å². The van der Waals surface area contributed by atoms with Crippen molar-refractivity contribution >= 4 is 17.5 Å². The third kappa shape index (κ3) is 4.54. The highest BCUT2D eigenvalue weighted by molar-refractivity contribution is 5.84. The number of nitrogens with zero attached hydrogens (tertiary/aromatic N) is 2. The van der Waals surface area contributed by atoms with Gasteiger partial charge in [0, 0.05) is 31.6 Å². The molecule has 2 amide bonds. The van der Waals surface area contributed by atoms with Gasteiger partial charge in [-0.3, -0.25) is 19.7 Å². The van der Waals surface area contributed by atoms with Gasteiger partial charge < -0.3 is 10.2 Å². The Morgan fingerprint density at radius 1 is 1.32 bits per heavy atom. The lowest BCUT2D eigenvalue weighted by atomic mass is 10.2. The van der Waals surface area contributed by atoms with E-state index in [1.165, 1.54) is 12.1 Å². The van der Waals surface area contributed by atoms with E-state index in [2.05, 4.69) is 5.32 Å². The van der Waals surface area contributed by atoms with Crippen LogP contribution in [0.15, 0.2) is 24.3 Å². The summed E-state index contributed by atoms with van der Waals surface area (Å²) in [5.74, 6) is -0.232. The lowest BCUT2D eigenvalue weighted by Crippen LogP contribution is -2.40. The van der Waals surface area contributed by atoms with Crippen molar-refractivity contribution in [3.63, 3.8) is 0 Å². The van der Waals surface area contributed by atoms with Crippen LogP contribution in [0.4, 0.5) is 5.69 Å². The van der Waals surface area contributed by atoms with E-state index >= 15 is 0 Å².